The van der Waals surface area contributed by atoms with E-state index in [4.69, 9.17) is 0 Å². The number of benzene rings is 1. The van der Waals surface area contributed by atoms with Gasteiger partial charge in [0, 0.05) is 6.42 Å². The number of amides is 1. The zero-order chi connectivity index (χ0) is 12.0. The Hall–Kier alpha value is -1.13. The molecule has 2 N–H and O–H groups in total. The van der Waals surface area contributed by atoms with Gasteiger partial charge < -0.3 is 10.6 Å². The summed E-state index contributed by atoms with van der Waals surface area (Å²) in [7, 11) is 1.83. The van der Waals surface area contributed by atoms with Gasteiger partial charge in [-0.1, -0.05) is 6.07 Å². The first-order chi connectivity index (χ1) is 7.63. The zero-order valence-electron chi connectivity index (χ0n) is 10.0. The Morgan fingerprint density at radius 3 is 2.71 bits per heavy atom. The highest BCUT2D eigenvalue weighted by atomic mass is 35.5. The fourth-order valence-corrected chi connectivity index (χ4v) is 1.36. The summed E-state index contributed by atoms with van der Waals surface area (Å²) in [5.74, 6) is -0.542. The SMILES string of the molecule is CNCCCC(=O)Nc1ccc(C)cc1F.Cl. The van der Waals surface area contributed by atoms with E-state index in [1.807, 2.05) is 14.0 Å². The third-order valence-electron chi connectivity index (χ3n) is 2.23. The molecule has 0 saturated heterocycles. The van der Waals surface area contributed by atoms with E-state index in [-0.39, 0.29) is 29.8 Å². The highest BCUT2D eigenvalue weighted by Gasteiger charge is 2.06. The van der Waals surface area contributed by atoms with Crippen molar-refractivity contribution >= 4 is 24.0 Å². The van der Waals surface area contributed by atoms with Crippen LogP contribution in [-0.4, -0.2) is 19.5 Å². The first-order valence-corrected chi connectivity index (χ1v) is 5.34. The minimum Gasteiger partial charge on any atom is -0.324 e. The molecule has 0 fully saturated rings. The normalized spacial score (nSPS) is 9.59. The molecule has 3 nitrogen and oxygen atoms in total. The molecule has 1 amide bonds. The molecule has 17 heavy (non-hydrogen) atoms. The van der Waals surface area contributed by atoms with Crippen LogP contribution in [0.2, 0.25) is 0 Å². The van der Waals surface area contributed by atoms with E-state index in [1.54, 1.807) is 12.1 Å². The molecule has 0 aromatic heterocycles. The van der Waals surface area contributed by atoms with Gasteiger partial charge in [-0.05, 0) is 44.6 Å². The molecule has 1 aromatic carbocycles. The number of hydrogen-bond donors (Lipinski definition) is 2. The summed E-state index contributed by atoms with van der Waals surface area (Å²) in [6.07, 6.45) is 1.14. The first kappa shape index (κ1) is 15.9. The maximum absolute atomic E-state index is 13.4. The van der Waals surface area contributed by atoms with Gasteiger partial charge in [-0.3, -0.25) is 4.79 Å². The third-order valence-corrected chi connectivity index (χ3v) is 2.23. The van der Waals surface area contributed by atoms with Crippen molar-refractivity contribution in [2.24, 2.45) is 0 Å². The maximum atomic E-state index is 13.4. The lowest BCUT2D eigenvalue weighted by molar-refractivity contribution is -0.116. The summed E-state index contributed by atoms with van der Waals surface area (Å²) in [4.78, 5) is 11.4. The zero-order valence-corrected chi connectivity index (χ0v) is 10.9. The largest absolute Gasteiger partial charge is 0.324 e. The molecule has 96 valence electrons. The van der Waals surface area contributed by atoms with Gasteiger partial charge in [0.2, 0.25) is 5.91 Å². The van der Waals surface area contributed by atoms with Gasteiger partial charge in [0.1, 0.15) is 5.82 Å². The van der Waals surface area contributed by atoms with Gasteiger partial charge in [-0.2, -0.15) is 0 Å². The predicted molar refractivity (Wildman–Crippen MR) is 70.2 cm³/mol. The highest BCUT2D eigenvalue weighted by Crippen LogP contribution is 2.15. The monoisotopic (exact) mass is 260 g/mol. The molecule has 5 heteroatoms. The lowest BCUT2D eigenvalue weighted by Gasteiger charge is -2.06. The molecule has 0 aliphatic heterocycles. The molecule has 0 unspecified atom stereocenters. The molecule has 0 atom stereocenters. The van der Waals surface area contributed by atoms with Crippen LogP contribution >= 0.6 is 12.4 Å². The molecule has 1 rings (SSSR count). The Balaban J connectivity index is 0.00000256. The Labute approximate surface area is 107 Å². The van der Waals surface area contributed by atoms with Gasteiger partial charge in [-0.25, -0.2) is 4.39 Å². The molecule has 0 aliphatic rings. The maximum Gasteiger partial charge on any atom is 0.224 e. The van der Waals surface area contributed by atoms with Crippen molar-refractivity contribution in [3.05, 3.63) is 29.6 Å². The summed E-state index contributed by atoms with van der Waals surface area (Å²) < 4.78 is 13.4. The third kappa shape index (κ3) is 5.65. The summed E-state index contributed by atoms with van der Waals surface area (Å²) in [5.41, 5.74) is 1.09. The molecule has 0 heterocycles. The van der Waals surface area contributed by atoms with E-state index in [0.717, 1.165) is 18.5 Å². The van der Waals surface area contributed by atoms with Crippen LogP contribution in [0.3, 0.4) is 0 Å². The number of carbonyl (C=O) groups excluding carboxylic acids is 1. The second-order valence-corrected chi connectivity index (χ2v) is 3.74. The topological polar surface area (TPSA) is 41.1 Å². The number of aryl methyl sites for hydroxylation is 1. The minimum absolute atomic E-state index is 0. The van der Waals surface area contributed by atoms with Crippen LogP contribution in [-0.2, 0) is 4.79 Å². The van der Waals surface area contributed by atoms with Crippen molar-refractivity contribution in [3.8, 4) is 0 Å². The highest BCUT2D eigenvalue weighted by molar-refractivity contribution is 5.90. The molecule has 0 saturated carbocycles. The average Bonchev–Trinajstić information content (AvgIpc) is 2.23. The van der Waals surface area contributed by atoms with E-state index in [9.17, 15) is 9.18 Å². The van der Waals surface area contributed by atoms with Crippen LogP contribution in [0.4, 0.5) is 10.1 Å². The van der Waals surface area contributed by atoms with Gasteiger partial charge in [-0.15, -0.1) is 12.4 Å². The second-order valence-electron chi connectivity index (χ2n) is 3.74. The molecule has 0 radical (unpaired) electrons. The van der Waals surface area contributed by atoms with Gasteiger partial charge in [0.05, 0.1) is 5.69 Å². The molecule has 0 aliphatic carbocycles. The molecule has 1 aromatic rings. The molecule has 0 bridgehead atoms. The van der Waals surface area contributed by atoms with Gasteiger partial charge in [0.25, 0.3) is 0 Å². The first-order valence-electron chi connectivity index (χ1n) is 5.34. The number of rotatable bonds is 5. The lowest BCUT2D eigenvalue weighted by atomic mass is 10.2. The molecular weight excluding hydrogens is 243 g/mol. The number of nitrogens with one attached hydrogen (secondary N) is 2. The van der Waals surface area contributed by atoms with Crippen molar-refractivity contribution in [3.63, 3.8) is 0 Å². The number of halogens is 2. The summed E-state index contributed by atoms with van der Waals surface area (Å²) >= 11 is 0. The van der Waals surface area contributed by atoms with Crippen molar-refractivity contribution < 1.29 is 9.18 Å². The lowest BCUT2D eigenvalue weighted by Crippen LogP contribution is -2.15. The van der Waals surface area contributed by atoms with Crippen molar-refractivity contribution in [1.82, 2.24) is 5.32 Å². The Kier molecular flexibility index (Phi) is 7.50. The fourth-order valence-electron chi connectivity index (χ4n) is 1.36. The van der Waals surface area contributed by atoms with E-state index < -0.39 is 0 Å². The van der Waals surface area contributed by atoms with Crippen molar-refractivity contribution in [1.29, 1.82) is 0 Å². The Bertz CT molecular complexity index is 372. The summed E-state index contributed by atoms with van der Waals surface area (Å²) in [6.45, 7) is 2.59. The second kappa shape index (κ2) is 8.03. The van der Waals surface area contributed by atoms with Gasteiger partial charge >= 0.3 is 0 Å². The van der Waals surface area contributed by atoms with E-state index in [2.05, 4.69) is 10.6 Å². The predicted octanol–water partition coefficient (Wildman–Crippen LogP) is 2.49. The van der Waals surface area contributed by atoms with Crippen LogP contribution in [0.1, 0.15) is 18.4 Å². The number of anilines is 1. The average molecular weight is 261 g/mol. The van der Waals surface area contributed by atoms with Crippen LogP contribution in [0.5, 0.6) is 0 Å². The number of hydrogen-bond acceptors (Lipinski definition) is 2. The Morgan fingerprint density at radius 1 is 1.41 bits per heavy atom. The van der Waals surface area contributed by atoms with Crippen molar-refractivity contribution in [2.45, 2.75) is 19.8 Å². The molecular formula is C12H18ClFN2O. The summed E-state index contributed by atoms with van der Waals surface area (Å²) in [6, 6.07) is 4.76. The van der Waals surface area contributed by atoms with E-state index >= 15 is 0 Å². The van der Waals surface area contributed by atoms with Crippen LogP contribution in [0, 0.1) is 12.7 Å². The van der Waals surface area contributed by atoms with E-state index in [0.29, 0.717) is 6.42 Å². The number of carbonyl (C=O) groups is 1. The summed E-state index contributed by atoms with van der Waals surface area (Å²) in [5, 5.41) is 5.51. The Morgan fingerprint density at radius 2 is 2.12 bits per heavy atom. The van der Waals surface area contributed by atoms with Crippen LogP contribution in [0.25, 0.3) is 0 Å². The van der Waals surface area contributed by atoms with Crippen LogP contribution in [0.15, 0.2) is 18.2 Å². The fraction of sp³-hybridized carbons (Fsp3) is 0.417. The van der Waals surface area contributed by atoms with Gasteiger partial charge in [0.15, 0.2) is 0 Å². The quantitative estimate of drug-likeness (QED) is 0.799. The molecule has 0 spiro atoms. The van der Waals surface area contributed by atoms with Crippen LogP contribution < -0.4 is 10.6 Å². The minimum atomic E-state index is -0.387. The van der Waals surface area contributed by atoms with Crippen molar-refractivity contribution in [2.75, 3.05) is 18.9 Å². The van der Waals surface area contributed by atoms with E-state index in [1.165, 1.54) is 6.07 Å². The standard InChI is InChI=1S/C12H17FN2O.ClH/c1-9-5-6-11(10(13)8-9)15-12(16)4-3-7-14-2;/h5-6,8,14H,3-4,7H2,1-2H3,(H,15,16);1H. The smallest absolute Gasteiger partial charge is 0.224 e.